The second kappa shape index (κ2) is 4.19. The molecule has 0 amide bonds. The van der Waals surface area contributed by atoms with Crippen molar-refractivity contribution in [1.29, 1.82) is 0 Å². The minimum Gasteiger partial charge on any atom is -0.481 e. The lowest BCUT2D eigenvalue weighted by Gasteiger charge is -2.09. The molecule has 0 aliphatic rings. The van der Waals surface area contributed by atoms with Crippen LogP contribution in [-0.4, -0.2) is 22.6 Å². The number of aromatic nitrogens is 1. The van der Waals surface area contributed by atoms with Gasteiger partial charge in [0.2, 0.25) is 0 Å². The van der Waals surface area contributed by atoms with Crippen LogP contribution in [0.15, 0.2) is 18.2 Å². The Morgan fingerprint density at radius 1 is 1.62 bits per heavy atom. The van der Waals surface area contributed by atoms with Crippen LogP contribution in [0, 0.1) is 6.92 Å². The molecule has 0 radical (unpaired) electrons. The van der Waals surface area contributed by atoms with Crippen molar-refractivity contribution in [3.05, 3.63) is 28.8 Å². The highest BCUT2D eigenvalue weighted by Gasteiger charge is 2.18. The second-order valence-corrected chi connectivity index (χ2v) is 4.82. The molecule has 1 aromatic heterocycles. The third-order valence-corrected chi connectivity index (χ3v) is 3.39. The molecule has 5 heteroatoms. The summed E-state index contributed by atoms with van der Waals surface area (Å²) >= 11 is 1.56. The largest absolute Gasteiger partial charge is 0.481 e. The van der Waals surface area contributed by atoms with Gasteiger partial charge in [-0.05, 0) is 24.6 Å². The van der Waals surface area contributed by atoms with Crippen LogP contribution in [0.4, 0.5) is 0 Å². The van der Waals surface area contributed by atoms with Crippen LogP contribution in [0.25, 0.3) is 10.2 Å². The van der Waals surface area contributed by atoms with Crippen LogP contribution >= 0.6 is 11.3 Å². The molecule has 0 bridgehead atoms. The van der Waals surface area contributed by atoms with Gasteiger partial charge in [-0.25, -0.2) is 4.98 Å². The molecule has 2 rings (SSSR count). The number of benzene rings is 1. The minimum atomic E-state index is -0.886. The summed E-state index contributed by atoms with van der Waals surface area (Å²) in [7, 11) is 0. The van der Waals surface area contributed by atoms with Gasteiger partial charge in [0.1, 0.15) is 0 Å². The first kappa shape index (κ1) is 11.0. The van der Waals surface area contributed by atoms with E-state index in [2.05, 4.69) is 4.98 Å². The summed E-state index contributed by atoms with van der Waals surface area (Å²) in [5.74, 6) is -1.52. The first-order valence-electron chi connectivity index (χ1n) is 4.92. The van der Waals surface area contributed by atoms with Gasteiger partial charge < -0.3 is 10.8 Å². The van der Waals surface area contributed by atoms with E-state index in [0.717, 1.165) is 20.8 Å². The Bertz CT molecular complexity index is 536. The van der Waals surface area contributed by atoms with Crippen molar-refractivity contribution >= 4 is 27.5 Å². The minimum absolute atomic E-state index is 0.110. The van der Waals surface area contributed by atoms with Crippen molar-refractivity contribution in [3.8, 4) is 0 Å². The van der Waals surface area contributed by atoms with Crippen molar-refractivity contribution < 1.29 is 9.90 Å². The number of hydrogen-bond acceptors (Lipinski definition) is 4. The van der Waals surface area contributed by atoms with Gasteiger partial charge in [0.15, 0.2) is 0 Å². The summed E-state index contributed by atoms with van der Waals surface area (Å²) < 4.78 is 1.01. The van der Waals surface area contributed by atoms with Gasteiger partial charge in [-0.15, -0.1) is 11.3 Å². The third-order valence-electron chi connectivity index (χ3n) is 2.46. The average molecular weight is 236 g/mol. The first-order chi connectivity index (χ1) is 7.61. The highest BCUT2D eigenvalue weighted by atomic mass is 32.1. The van der Waals surface area contributed by atoms with Crippen molar-refractivity contribution in [1.82, 2.24) is 4.98 Å². The fourth-order valence-corrected chi connectivity index (χ4v) is 2.53. The number of carboxylic acid groups (broad SMARTS) is 1. The van der Waals surface area contributed by atoms with Crippen LogP contribution in [0.3, 0.4) is 0 Å². The second-order valence-electron chi connectivity index (χ2n) is 3.59. The zero-order valence-electron chi connectivity index (χ0n) is 8.80. The summed E-state index contributed by atoms with van der Waals surface area (Å²) in [6.07, 6.45) is 0. The number of aryl methyl sites for hydroxylation is 1. The molecule has 1 aromatic carbocycles. The van der Waals surface area contributed by atoms with Crippen molar-refractivity contribution in [3.63, 3.8) is 0 Å². The summed E-state index contributed by atoms with van der Waals surface area (Å²) in [6.45, 7) is 2.04. The number of fused-ring (bicyclic) bond motifs is 1. The van der Waals surface area contributed by atoms with E-state index in [9.17, 15) is 4.79 Å². The molecule has 0 saturated carbocycles. The van der Waals surface area contributed by atoms with Gasteiger partial charge in [-0.3, -0.25) is 4.79 Å². The maximum Gasteiger partial charge on any atom is 0.312 e. The Labute approximate surface area is 96.7 Å². The van der Waals surface area contributed by atoms with E-state index >= 15 is 0 Å². The number of carboxylic acids is 1. The monoisotopic (exact) mass is 236 g/mol. The molecular weight excluding hydrogens is 224 g/mol. The topological polar surface area (TPSA) is 76.2 Å². The Hall–Kier alpha value is -1.46. The summed E-state index contributed by atoms with van der Waals surface area (Å²) in [4.78, 5) is 15.3. The normalized spacial score (nSPS) is 12.9. The van der Waals surface area contributed by atoms with E-state index in [1.54, 1.807) is 17.4 Å². The van der Waals surface area contributed by atoms with Crippen LogP contribution < -0.4 is 5.73 Å². The molecule has 16 heavy (non-hydrogen) atoms. The molecule has 1 unspecified atom stereocenters. The van der Waals surface area contributed by atoms with E-state index < -0.39 is 11.9 Å². The van der Waals surface area contributed by atoms with E-state index in [-0.39, 0.29) is 6.54 Å². The number of rotatable bonds is 3. The molecule has 4 nitrogen and oxygen atoms in total. The average Bonchev–Trinajstić information content (AvgIpc) is 2.57. The SMILES string of the molecule is Cc1nc2ccc(C(CN)C(=O)O)cc2s1. The summed E-state index contributed by atoms with van der Waals surface area (Å²) in [5.41, 5.74) is 7.11. The quantitative estimate of drug-likeness (QED) is 0.851. The summed E-state index contributed by atoms with van der Waals surface area (Å²) in [6, 6.07) is 5.50. The standard InChI is InChI=1S/C11H12N2O2S/c1-6-13-9-3-2-7(4-10(9)16-6)8(5-12)11(14)15/h2-4,8H,5,12H2,1H3,(H,14,15). The Kier molecular flexibility index (Phi) is 2.89. The number of nitrogens with two attached hydrogens (primary N) is 1. The van der Waals surface area contributed by atoms with Crippen molar-refractivity contribution in [2.45, 2.75) is 12.8 Å². The van der Waals surface area contributed by atoms with Crippen molar-refractivity contribution in [2.24, 2.45) is 5.73 Å². The fourth-order valence-electron chi connectivity index (χ4n) is 1.65. The highest BCUT2D eigenvalue weighted by molar-refractivity contribution is 7.18. The zero-order chi connectivity index (χ0) is 11.7. The predicted octanol–water partition coefficient (Wildman–Crippen LogP) is 1.73. The third kappa shape index (κ3) is 1.91. The molecule has 84 valence electrons. The lowest BCUT2D eigenvalue weighted by Crippen LogP contribution is -2.20. The number of nitrogens with zero attached hydrogens (tertiary/aromatic N) is 1. The Balaban J connectivity index is 2.48. The van der Waals surface area contributed by atoms with Crippen LogP contribution in [0.2, 0.25) is 0 Å². The number of hydrogen-bond donors (Lipinski definition) is 2. The van der Waals surface area contributed by atoms with Gasteiger partial charge in [-0.1, -0.05) is 6.07 Å². The molecule has 0 aliphatic carbocycles. The Morgan fingerprint density at radius 2 is 2.38 bits per heavy atom. The molecule has 0 aliphatic heterocycles. The molecule has 0 saturated heterocycles. The molecule has 2 aromatic rings. The highest BCUT2D eigenvalue weighted by Crippen LogP contribution is 2.25. The first-order valence-corrected chi connectivity index (χ1v) is 5.73. The van der Waals surface area contributed by atoms with Crippen molar-refractivity contribution in [2.75, 3.05) is 6.54 Å². The molecule has 3 N–H and O–H groups in total. The van der Waals surface area contributed by atoms with E-state index in [1.165, 1.54) is 0 Å². The zero-order valence-corrected chi connectivity index (χ0v) is 9.62. The number of aliphatic carboxylic acids is 1. The van der Waals surface area contributed by atoms with E-state index in [4.69, 9.17) is 10.8 Å². The predicted molar refractivity (Wildman–Crippen MR) is 63.8 cm³/mol. The van der Waals surface area contributed by atoms with Gasteiger partial charge in [0, 0.05) is 6.54 Å². The molecule has 1 heterocycles. The smallest absolute Gasteiger partial charge is 0.312 e. The van der Waals surface area contributed by atoms with E-state index in [1.807, 2.05) is 19.1 Å². The molecule has 0 fully saturated rings. The van der Waals surface area contributed by atoms with Gasteiger partial charge in [-0.2, -0.15) is 0 Å². The van der Waals surface area contributed by atoms with Gasteiger partial charge >= 0.3 is 5.97 Å². The molecule has 0 spiro atoms. The van der Waals surface area contributed by atoms with Crippen LogP contribution in [0.5, 0.6) is 0 Å². The van der Waals surface area contributed by atoms with Crippen LogP contribution in [0.1, 0.15) is 16.5 Å². The van der Waals surface area contributed by atoms with Gasteiger partial charge in [0.25, 0.3) is 0 Å². The number of thiazole rings is 1. The maximum absolute atomic E-state index is 11.0. The number of carbonyl (C=O) groups is 1. The lowest BCUT2D eigenvalue weighted by atomic mass is 9.99. The van der Waals surface area contributed by atoms with Gasteiger partial charge in [0.05, 0.1) is 21.1 Å². The fraction of sp³-hybridized carbons (Fsp3) is 0.273. The summed E-state index contributed by atoms with van der Waals surface area (Å²) in [5, 5.41) is 9.99. The van der Waals surface area contributed by atoms with E-state index in [0.29, 0.717) is 0 Å². The lowest BCUT2D eigenvalue weighted by molar-refractivity contribution is -0.138. The molecular formula is C11H12N2O2S. The Morgan fingerprint density at radius 3 is 3.00 bits per heavy atom. The molecule has 1 atom stereocenters. The van der Waals surface area contributed by atoms with Crippen LogP contribution in [-0.2, 0) is 4.79 Å². The maximum atomic E-state index is 11.0.